The van der Waals surface area contributed by atoms with E-state index in [0.717, 1.165) is 31.5 Å². The summed E-state index contributed by atoms with van der Waals surface area (Å²) >= 11 is 0. The van der Waals surface area contributed by atoms with E-state index in [2.05, 4.69) is 5.32 Å². The summed E-state index contributed by atoms with van der Waals surface area (Å²) in [6, 6.07) is 7.47. The molecule has 1 aromatic carbocycles. The van der Waals surface area contributed by atoms with Crippen LogP contribution in [0.3, 0.4) is 0 Å². The van der Waals surface area contributed by atoms with Crippen LogP contribution < -0.4 is 15.8 Å². The maximum Gasteiger partial charge on any atom is 0.255 e. The number of hydrogen-bond acceptors (Lipinski definition) is 4. The third kappa shape index (κ3) is 6.79. The molecule has 0 aliphatic carbocycles. The van der Waals surface area contributed by atoms with Gasteiger partial charge in [-0.3, -0.25) is 4.79 Å². The first-order valence-electron chi connectivity index (χ1n) is 6.50. The highest BCUT2D eigenvalue weighted by Crippen LogP contribution is 2.11. The standard InChI is InChI=1S/C14H22N2O3/c1-2-12(17)7-8-16-9-11-3-5-13(6-4-11)19-10-14(15)18/h3-6,12,16-17H,2,7-10H2,1H3,(H2,15,18). The van der Waals surface area contributed by atoms with E-state index in [-0.39, 0.29) is 12.7 Å². The van der Waals surface area contributed by atoms with Crippen LogP contribution in [-0.2, 0) is 11.3 Å². The van der Waals surface area contributed by atoms with Crippen molar-refractivity contribution in [2.24, 2.45) is 5.73 Å². The van der Waals surface area contributed by atoms with Crippen LogP contribution in [0.25, 0.3) is 0 Å². The van der Waals surface area contributed by atoms with E-state index in [4.69, 9.17) is 10.5 Å². The van der Waals surface area contributed by atoms with Gasteiger partial charge in [0.25, 0.3) is 5.91 Å². The van der Waals surface area contributed by atoms with Crippen molar-refractivity contribution >= 4 is 5.91 Å². The van der Waals surface area contributed by atoms with Gasteiger partial charge < -0.3 is 20.9 Å². The Hall–Kier alpha value is -1.59. The van der Waals surface area contributed by atoms with Crippen LogP contribution in [0, 0.1) is 0 Å². The third-order valence-electron chi connectivity index (χ3n) is 2.76. The van der Waals surface area contributed by atoms with E-state index in [1.54, 1.807) is 12.1 Å². The van der Waals surface area contributed by atoms with E-state index in [1.165, 1.54) is 0 Å². The Bertz CT molecular complexity index is 379. The zero-order valence-corrected chi connectivity index (χ0v) is 11.3. The van der Waals surface area contributed by atoms with E-state index in [1.807, 2.05) is 19.1 Å². The number of aliphatic hydroxyl groups is 1. The average Bonchev–Trinajstić information content (AvgIpc) is 2.42. The Kier molecular flexibility index (Phi) is 6.92. The van der Waals surface area contributed by atoms with Gasteiger partial charge in [0, 0.05) is 6.54 Å². The highest BCUT2D eigenvalue weighted by Gasteiger charge is 2.00. The van der Waals surface area contributed by atoms with Gasteiger partial charge in [0.05, 0.1) is 6.10 Å². The number of benzene rings is 1. The predicted octanol–water partition coefficient (Wildman–Crippen LogP) is 0.801. The van der Waals surface area contributed by atoms with Gasteiger partial charge >= 0.3 is 0 Å². The zero-order valence-electron chi connectivity index (χ0n) is 11.3. The molecule has 0 saturated heterocycles. The second-order valence-electron chi connectivity index (χ2n) is 4.43. The number of nitrogens with two attached hydrogens (primary N) is 1. The number of rotatable bonds is 9. The molecular formula is C14H22N2O3. The molecule has 5 nitrogen and oxygen atoms in total. The van der Waals surface area contributed by atoms with Crippen LogP contribution in [-0.4, -0.2) is 30.3 Å². The lowest BCUT2D eigenvalue weighted by atomic mass is 10.2. The van der Waals surface area contributed by atoms with Crippen LogP contribution in [0.1, 0.15) is 25.3 Å². The SMILES string of the molecule is CCC(O)CCNCc1ccc(OCC(N)=O)cc1. The van der Waals surface area contributed by atoms with Crippen LogP contribution in [0.2, 0.25) is 0 Å². The summed E-state index contributed by atoms with van der Waals surface area (Å²) in [4.78, 5) is 10.6. The minimum Gasteiger partial charge on any atom is -0.484 e. The number of carbonyl (C=O) groups is 1. The quantitative estimate of drug-likeness (QED) is 0.577. The van der Waals surface area contributed by atoms with Crippen LogP contribution in [0.4, 0.5) is 0 Å². The fraction of sp³-hybridized carbons (Fsp3) is 0.500. The van der Waals surface area contributed by atoms with Crippen molar-refractivity contribution in [3.63, 3.8) is 0 Å². The number of carbonyl (C=O) groups excluding carboxylic acids is 1. The summed E-state index contributed by atoms with van der Waals surface area (Å²) in [5.74, 6) is 0.143. The first kappa shape index (κ1) is 15.5. The molecule has 0 aromatic heterocycles. The van der Waals surface area contributed by atoms with E-state index in [0.29, 0.717) is 5.75 Å². The Balaban J connectivity index is 2.26. The van der Waals surface area contributed by atoms with E-state index in [9.17, 15) is 9.90 Å². The normalized spacial score (nSPS) is 12.1. The fourth-order valence-corrected chi connectivity index (χ4v) is 1.56. The van der Waals surface area contributed by atoms with Gasteiger partial charge in [-0.2, -0.15) is 0 Å². The van der Waals surface area contributed by atoms with Gasteiger partial charge in [0.2, 0.25) is 0 Å². The van der Waals surface area contributed by atoms with Crippen LogP contribution in [0.5, 0.6) is 5.75 Å². The second kappa shape index (κ2) is 8.50. The maximum absolute atomic E-state index is 10.6. The molecule has 0 bridgehead atoms. The summed E-state index contributed by atoms with van der Waals surface area (Å²) in [5, 5.41) is 12.7. The summed E-state index contributed by atoms with van der Waals surface area (Å²) in [6.45, 7) is 3.39. The summed E-state index contributed by atoms with van der Waals surface area (Å²) < 4.78 is 5.17. The molecule has 0 aliphatic heterocycles. The number of nitrogens with one attached hydrogen (secondary N) is 1. The number of primary amides is 1. The molecular weight excluding hydrogens is 244 g/mol. The Morgan fingerprint density at radius 1 is 1.42 bits per heavy atom. The molecule has 1 unspecified atom stereocenters. The lowest BCUT2D eigenvalue weighted by Crippen LogP contribution is -2.20. The molecule has 0 aliphatic rings. The lowest BCUT2D eigenvalue weighted by Gasteiger charge is -2.09. The molecule has 0 radical (unpaired) electrons. The Morgan fingerprint density at radius 2 is 2.11 bits per heavy atom. The second-order valence-corrected chi connectivity index (χ2v) is 4.43. The molecule has 5 heteroatoms. The third-order valence-corrected chi connectivity index (χ3v) is 2.76. The number of hydrogen-bond donors (Lipinski definition) is 3. The van der Waals surface area contributed by atoms with Crippen molar-refractivity contribution in [2.75, 3.05) is 13.2 Å². The highest BCUT2D eigenvalue weighted by molar-refractivity contribution is 5.75. The lowest BCUT2D eigenvalue weighted by molar-refractivity contribution is -0.119. The van der Waals surface area contributed by atoms with Crippen molar-refractivity contribution in [2.45, 2.75) is 32.4 Å². The molecule has 0 fully saturated rings. The van der Waals surface area contributed by atoms with Gasteiger partial charge in [-0.1, -0.05) is 19.1 Å². The van der Waals surface area contributed by atoms with Gasteiger partial charge in [-0.25, -0.2) is 0 Å². The van der Waals surface area contributed by atoms with Crippen molar-refractivity contribution in [1.82, 2.24) is 5.32 Å². The van der Waals surface area contributed by atoms with Crippen LogP contribution >= 0.6 is 0 Å². The molecule has 19 heavy (non-hydrogen) atoms. The highest BCUT2D eigenvalue weighted by atomic mass is 16.5. The smallest absolute Gasteiger partial charge is 0.255 e. The first-order valence-corrected chi connectivity index (χ1v) is 6.50. The topological polar surface area (TPSA) is 84.6 Å². The van der Waals surface area contributed by atoms with Gasteiger partial charge in [0.1, 0.15) is 5.75 Å². The largest absolute Gasteiger partial charge is 0.484 e. The zero-order chi connectivity index (χ0) is 14.1. The predicted molar refractivity (Wildman–Crippen MR) is 73.8 cm³/mol. The van der Waals surface area contributed by atoms with E-state index >= 15 is 0 Å². The van der Waals surface area contributed by atoms with Crippen molar-refractivity contribution in [3.05, 3.63) is 29.8 Å². The molecule has 0 heterocycles. The van der Waals surface area contributed by atoms with Crippen LogP contribution in [0.15, 0.2) is 24.3 Å². The molecule has 1 amide bonds. The van der Waals surface area contributed by atoms with Gasteiger partial charge in [-0.05, 0) is 37.1 Å². The minimum absolute atomic E-state index is 0.105. The molecule has 106 valence electrons. The van der Waals surface area contributed by atoms with Crippen molar-refractivity contribution in [3.8, 4) is 5.75 Å². The molecule has 0 spiro atoms. The summed E-state index contributed by atoms with van der Waals surface area (Å²) in [5.41, 5.74) is 6.12. The average molecular weight is 266 g/mol. The molecule has 1 rings (SSSR count). The van der Waals surface area contributed by atoms with Crippen molar-refractivity contribution < 1.29 is 14.6 Å². The summed E-state index contributed by atoms with van der Waals surface area (Å²) in [6.07, 6.45) is 1.32. The minimum atomic E-state index is -0.486. The monoisotopic (exact) mass is 266 g/mol. The summed E-state index contributed by atoms with van der Waals surface area (Å²) in [7, 11) is 0. The molecule has 1 aromatic rings. The Labute approximate surface area is 113 Å². The van der Waals surface area contributed by atoms with Crippen molar-refractivity contribution in [1.29, 1.82) is 0 Å². The Morgan fingerprint density at radius 3 is 2.68 bits per heavy atom. The van der Waals surface area contributed by atoms with E-state index < -0.39 is 5.91 Å². The molecule has 4 N–H and O–H groups in total. The fourth-order valence-electron chi connectivity index (χ4n) is 1.56. The number of ether oxygens (including phenoxy) is 1. The maximum atomic E-state index is 10.6. The molecule has 1 atom stereocenters. The number of amides is 1. The first-order chi connectivity index (χ1) is 9.11. The molecule has 0 saturated carbocycles. The number of aliphatic hydroxyl groups excluding tert-OH is 1. The van der Waals surface area contributed by atoms with Gasteiger partial charge in [0.15, 0.2) is 6.61 Å². The van der Waals surface area contributed by atoms with Gasteiger partial charge in [-0.15, -0.1) is 0 Å².